The maximum atomic E-state index is 2.21. The van der Waals surface area contributed by atoms with Crippen LogP contribution < -0.4 is 0 Å². The van der Waals surface area contributed by atoms with Crippen LogP contribution in [0.25, 0.3) is 0 Å². The number of rotatable bonds is 1. The first kappa shape index (κ1) is 8.02. The molecule has 0 aromatic rings. The summed E-state index contributed by atoms with van der Waals surface area (Å²) in [7, 11) is 0. The van der Waals surface area contributed by atoms with Gasteiger partial charge in [-0.15, -0.1) is 0 Å². The fourth-order valence-corrected chi connectivity index (χ4v) is 1.37. The number of allylic oxidation sites excluding steroid dienone is 8. The van der Waals surface area contributed by atoms with E-state index in [4.69, 9.17) is 0 Å². The predicted molar refractivity (Wildman–Crippen MR) is 47.3 cm³/mol. The van der Waals surface area contributed by atoms with E-state index in [1.54, 1.807) is 0 Å². The summed E-state index contributed by atoms with van der Waals surface area (Å²) in [4.78, 5) is 0. The summed E-state index contributed by atoms with van der Waals surface area (Å²) in [5, 5.41) is 0. The predicted octanol–water partition coefficient (Wildman–Crippen LogP) is 1.93. The van der Waals surface area contributed by atoms with Crippen molar-refractivity contribution in [3.05, 3.63) is 47.6 Å². The summed E-state index contributed by atoms with van der Waals surface area (Å²) in [6.45, 7) is 0. The number of hydrogen-bond donors (Lipinski definition) is 0. The van der Waals surface area contributed by atoms with Crippen LogP contribution in [0.2, 0.25) is 0 Å². The Balaban J connectivity index is 0.000000605. The Kier molecular flexibility index (Phi) is 2.44. The van der Waals surface area contributed by atoms with Gasteiger partial charge in [-0.3, -0.25) is 0 Å². The lowest BCUT2D eigenvalue weighted by Gasteiger charge is -1.99. The lowest BCUT2D eigenvalue weighted by Crippen LogP contribution is -1.80. The smallest absolute Gasteiger partial charge is 0.00915 e. The minimum absolute atomic E-state index is 0. The highest BCUT2D eigenvalue weighted by Gasteiger charge is 2.05. The van der Waals surface area contributed by atoms with E-state index in [0.717, 1.165) is 12.8 Å². The van der Waals surface area contributed by atoms with Crippen molar-refractivity contribution in [3.8, 4) is 0 Å². The summed E-state index contributed by atoms with van der Waals surface area (Å²) in [5.41, 5.74) is 2.98. The average molecular weight is 148 g/mol. The lowest BCUT2D eigenvalue weighted by atomic mass is 10.1. The van der Waals surface area contributed by atoms with E-state index >= 15 is 0 Å². The second-order valence-electron chi connectivity index (χ2n) is 2.65. The van der Waals surface area contributed by atoms with Gasteiger partial charge in [0, 0.05) is 0 Å². The summed E-state index contributed by atoms with van der Waals surface area (Å²) >= 11 is 0. The Morgan fingerprint density at radius 3 is 1.55 bits per heavy atom. The Hall–Kier alpha value is -1.08. The van der Waals surface area contributed by atoms with Crippen LogP contribution in [-0.4, -0.2) is 5.48 Å². The van der Waals surface area contributed by atoms with Crippen molar-refractivity contribution in [3.63, 3.8) is 0 Å². The van der Waals surface area contributed by atoms with Crippen molar-refractivity contribution in [2.45, 2.75) is 12.8 Å². The molecule has 1 heteroatoms. The standard InChI is InChI=1S/C10H10.H2O/c1-2-6-9(5-1)10-7-3-4-8-10;/h1-5,7H,6,8H2;1H2. The molecule has 0 aromatic heterocycles. The van der Waals surface area contributed by atoms with Crippen LogP contribution in [0.4, 0.5) is 0 Å². The molecule has 0 amide bonds. The molecule has 0 aromatic carbocycles. The van der Waals surface area contributed by atoms with Gasteiger partial charge in [0.2, 0.25) is 0 Å². The fourth-order valence-electron chi connectivity index (χ4n) is 1.37. The first-order chi connectivity index (χ1) is 4.97. The third kappa shape index (κ3) is 1.49. The molecule has 0 heterocycles. The van der Waals surface area contributed by atoms with Gasteiger partial charge in [0.15, 0.2) is 0 Å². The molecule has 0 unspecified atom stereocenters. The van der Waals surface area contributed by atoms with Crippen molar-refractivity contribution in [1.29, 1.82) is 0 Å². The van der Waals surface area contributed by atoms with Crippen molar-refractivity contribution < 1.29 is 5.48 Å². The van der Waals surface area contributed by atoms with E-state index in [0.29, 0.717) is 0 Å². The zero-order valence-corrected chi connectivity index (χ0v) is 6.38. The van der Waals surface area contributed by atoms with E-state index in [1.165, 1.54) is 11.1 Å². The maximum absolute atomic E-state index is 2.21. The topological polar surface area (TPSA) is 31.5 Å². The number of hydrogen-bond acceptors (Lipinski definition) is 0. The van der Waals surface area contributed by atoms with Crippen LogP contribution in [0.3, 0.4) is 0 Å². The van der Waals surface area contributed by atoms with E-state index < -0.39 is 0 Å². The second-order valence-corrected chi connectivity index (χ2v) is 2.65. The maximum Gasteiger partial charge on any atom is -0.00915 e. The molecule has 0 atom stereocenters. The summed E-state index contributed by atoms with van der Waals surface area (Å²) in [6, 6.07) is 0. The van der Waals surface area contributed by atoms with Gasteiger partial charge in [0.1, 0.15) is 0 Å². The Morgan fingerprint density at radius 2 is 1.27 bits per heavy atom. The molecule has 2 aliphatic carbocycles. The van der Waals surface area contributed by atoms with Crippen molar-refractivity contribution in [1.82, 2.24) is 0 Å². The minimum atomic E-state index is 0. The first-order valence-corrected chi connectivity index (χ1v) is 3.68. The molecular weight excluding hydrogens is 136 g/mol. The summed E-state index contributed by atoms with van der Waals surface area (Å²) < 4.78 is 0. The third-order valence-corrected chi connectivity index (χ3v) is 1.95. The van der Waals surface area contributed by atoms with Crippen LogP contribution in [-0.2, 0) is 0 Å². The average Bonchev–Trinajstić information content (AvgIpc) is 2.59. The summed E-state index contributed by atoms with van der Waals surface area (Å²) in [6.07, 6.45) is 15.4. The van der Waals surface area contributed by atoms with Gasteiger partial charge in [0.05, 0.1) is 0 Å². The molecule has 2 rings (SSSR count). The molecule has 2 N–H and O–H groups in total. The molecule has 0 fully saturated rings. The molecule has 0 radical (unpaired) electrons. The molecule has 0 bridgehead atoms. The molecule has 58 valence electrons. The Labute approximate surface area is 66.7 Å². The highest BCUT2D eigenvalue weighted by atomic mass is 16.0. The molecule has 2 aliphatic rings. The quantitative estimate of drug-likeness (QED) is 0.544. The Morgan fingerprint density at radius 1 is 0.818 bits per heavy atom. The van der Waals surface area contributed by atoms with Gasteiger partial charge in [0.25, 0.3) is 0 Å². The molecule has 0 saturated carbocycles. The van der Waals surface area contributed by atoms with Gasteiger partial charge in [-0.25, -0.2) is 0 Å². The zero-order valence-electron chi connectivity index (χ0n) is 6.38. The van der Waals surface area contributed by atoms with Gasteiger partial charge < -0.3 is 5.48 Å². The van der Waals surface area contributed by atoms with Crippen LogP contribution in [0.15, 0.2) is 47.6 Å². The van der Waals surface area contributed by atoms with Crippen LogP contribution in [0, 0.1) is 0 Å². The lowest BCUT2D eigenvalue weighted by molar-refractivity contribution is 0.824. The van der Waals surface area contributed by atoms with Crippen LogP contribution in [0.1, 0.15) is 12.8 Å². The highest BCUT2D eigenvalue weighted by molar-refractivity contribution is 5.44. The molecular formula is C10H12O. The van der Waals surface area contributed by atoms with Gasteiger partial charge in [-0.1, -0.05) is 36.5 Å². The third-order valence-electron chi connectivity index (χ3n) is 1.95. The first-order valence-electron chi connectivity index (χ1n) is 3.68. The van der Waals surface area contributed by atoms with Gasteiger partial charge in [-0.05, 0) is 24.0 Å². The molecule has 11 heavy (non-hydrogen) atoms. The highest BCUT2D eigenvalue weighted by Crippen LogP contribution is 2.25. The van der Waals surface area contributed by atoms with Crippen molar-refractivity contribution in [2.24, 2.45) is 0 Å². The zero-order chi connectivity index (χ0) is 6.81. The summed E-state index contributed by atoms with van der Waals surface area (Å²) in [5.74, 6) is 0. The second kappa shape index (κ2) is 3.35. The van der Waals surface area contributed by atoms with E-state index in [1.807, 2.05) is 0 Å². The molecule has 0 spiro atoms. The molecule has 0 saturated heterocycles. The van der Waals surface area contributed by atoms with Crippen molar-refractivity contribution in [2.75, 3.05) is 0 Å². The SMILES string of the molecule is C1=CCC(C2=CC=CC2)=C1.O. The van der Waals surface area contributed by atoms with E-state index in [2.05, 4.69) is 36.5 Å². The van der Waals surface area contributed by atoms with Gasteiger partial charge in [-0.2, -0.15) is 0 Å². The van der Waals surface area contributed by atoms with Crippen molar-refractivity contribution >= 4 is 0 Å². The van der Waals surface area contributed by atoms with E-state index in [-0.39, 0.29) is 5.48 Å². The monoisotopic (exact) mass is 148 g/mol. The molecule has 1 nitrogen and oxygen atoms in total. The fraction of sp³-hybridized carbons (Fsp3) is 0.200. The van der Waals surface area contributed by atoms with Crippen LogP contribution in [0.5, 0.6) is 0 Å². The normalized spacial score (nSPS) is 19.6. The van der Waals surface area contributed by atoms with Gasteiger partial charge >= 0.3 is 0 Å². The minimum Gasteiger partial charge on any atom is -0.412 e. The Bertz CT molecular complexity index is 226. The molecule has 0 aliphatic heterocycles. The largest absolute Gasteiger partial charge is 0.412 e. The van der Waals surface area contributed by atoms with E-state index in [9.17, 15) is 0 Å². The van der Waals surface area contributed by atoms with Crippen LogP contribution >= 0.6 is 0 Å².